The Balaban J connectivity index is 2.62. The van der Waals surface area contributed by atoms with Crippen LogP contribution in [0.15, 0.2) is 18.2 Å². The highest BCUT2D eigenvalue weighted by Gasteiger charge is 2.17. The van der Waals surface area contributed by atoms with Gasteiger partial charge in [-0.05, 0) is 37.6 Å². The van der Waals surface area contributed by atoms with Crippen LogP contribution in [0.3, 0.4) is 0 Å². The Bertz CT molecular complexity index is 505. The second-order valence-electron chi connectivity index (χ2n) is 4.65. The minimum Gasteiger partial charge on any atom is -0.383 e. The monoisotopic (exact) mass is 294 g/mol. The summed E-state index contributed by atoms with van der Waals surface area (Å²) in [7, 11) is 1.56. The third kappa shape index (κ3) is 5.05. The second kappa shape index (κ2) is 8.23. The van der Waals surface area contributed by atoms with E-state index in [1.54, 1.807) is 39.2 Å². The number of carbonyl (C=O) groups is 2. The van der Waals surface area contributed by atoms with Crippen molar-refractivity contribution in [3.63, 3.8) is 0 Å². The lowest BCUT2D eigenvalue weighted by Crippen LogP contribution is -2.45. The van der Waals surface area contributed by atoms with E-state index in [0.29, 0.717) is 18.7 Å². The topological polar surface area (TPSA) is 105 Å². The van der Waals surface area contributed by atoms with Crippen molar-refractivity contribution >= 4 is 17.5 Å². The fourth-order valence-electron chi connectivity index (χ4n) is 1.78. The molecule has 0 saturated heterocycles. The fraction of sp³-hybridized carbons (Fsp3) is 0.429. The van der Waals surface area contributed by atoms with Gasteiger partial charge in [0.25, 0.3) is 5.91 Å². The summed E-state index contributed by atoms with van der Waals surface area (Å²) in [5, 5.41) is 5.33. The molecule has 116 valence electrons. The van der Waals surface area contributed by atoms with Crippen LogP contribution in [0.25, 0.3) is 0 Å². The zero-order valence-electron chi connectivity index (χ0n) is 12.5. The molecule has 1 unspecified atom stereocenters. The largest absolute Gasteiger partial charge is 0.383 e. The Morgan fingerprint density at radius 1 is 1.38 bits per heavy atom. The van der Waals surface area contributed by atoms with Crippen LogP contribution in [0.5, 0.6) is 0 Å². The number of hydrazine groups is 1. The Hall–Kier alpha value is -2.12. The first-order valence-electron chi connectivity index (χ1n) is 6.64. The summed E-state index contributed by atoms with van der Waals surface area (Å²) in [6.45, 7) is 4.27. The van der Waals surface area contributed by atoms with Crippen LogP contribution in [0.4, 0.5) is 5.69 Å². The summed E-state index contributed by atoms with van der Waals surface area (Å²) in [5.74, 6) is 4.76. The molecule has 0 saturated carbocycles. The maximum Gasteiger partial charge on any atom is 0.252 e. The van der Waals surface area contributed by atoms with Crippen molar-refractivity contribution in [2.45, 2.75) is 19.9 Å². The van der Waals surface area contributed by atoms with Crippen molar-refractivity contribution in [2.24, 2.45) is 5.84 Å². The predicted molar refractivity (Wildman–Crippen MR) is 80.8 cm³/mol. The van der Waals surface area contributed by atoms with Crippen LogP contribution in [-0.4, -0.2) is 38.1 Å². The molecular weight excluding hydrogens is 272 g/mol. The van der Waals surface area contributed by atoms with Gasteiger partial charge in [-0.2, -0.15) is 0 Å². The summed E-state index contributed by atoms with van der Waals surface area (Å²) in [6, 6.07) is 4.50. The molecule has 0 aromatic heterocycles. The van der Waals surface area contributed by atoms with Gasteiger partial charge in [-0.1, -0.05) is 0 Å². The molecule has 2 amide bonds. The number of ether oxygens (including phenoxy) is 1. The highest BCUT2D eigenvalue weighted by atomic mass is 16.5. The molecule has 7 nitrogen and oxygen atoms in total. The van der Waals surface area contributed by atoms with Crippen LogP contribution in [-0.2, 0) is 9.53 Å². The van der Waals surface area contributed by atoms with E-state index in [2.05, 4.69) is 16.1 Å². The van der Waals surface area contributed by atoms with Crippen molar-refractivity contribution in [3.8, 4) is 0 Å². The Kier molecular flexibility index (Phi) is 6.64. The molecule has 0 aliphatic carbocycles. The van der Waals surface area contributed by atoms with Crippen LogP contribution in [0.2, 0.25) is 0 Å². The molecule has 1 aromatic rings. The van der Waals surface area contributed by atoms with Crippen LogP contribution in [0, 0.1) is 6.92 Å². The standard InChI is InChI=1S/C14H22N4O3/c1-9-8-11(18-15)4-5-12(9)14(20)17-10(2)13(19)16-6-7-21-3/h4-5,8,10,18H,6-7,15H2,1-3H3,(H,16,19)(H,17,20). The van der Waals surface area contributed by atoms with E-state index in [1.165, 1.54) is 0 Å². The Morgan fingerprint density at radius 2 is 2.10 bits per heavy atom. The molecule has 21 heavy (non-hydrogen) atoms. The van der Waals surface area contributed by atoms with Crippen LogP contribution < -0.4 is 21.9 Å². The van der Waals surface area contributed by atoms with Crippen molar-refractivity contribution in [2.75, 3.05) is 25.7 Å². The van der Waals surface area contributed by atoms with Crippen molar-refractivity contribution in [3.05, 3.63) is 29.3 Å². The van der Waals surface area contributed by atoms with E-state index in [0.717, 1.165) is 11.3 Å². The predicted octanol–water partition coefficient (Wildman–Crippen LogP) is 0.162. The number of aryl methyl sites for hydroxylation is 1. The number of nitrogen functional groups attached to an aromatic ring is 1. The van der Waals surface area contributed by atoms with Gasteiger partial charge in [0.2, 0.25) is 5.91 Å². The zero-order valence-corrected chi connectivity index (χ0v) is 12.5. The molecule has 1 aromatic carbocycles. The number of amides is 2. The third-order valence-corrected chi connectivity index (χ3v) is 2.98. The molecule has 1 atom stereocenters. The molecule has 0 fully saturated rings. The van der Waals surface area contributed by atoms with Gasteiger partial charge in [0.15, 0.2) is 0 Å². The quantitative estimate of drug-likeness (QED) is 0.326. The minimum atomic E-state index is -0.624. The summed E-state index contributed by atoms with van der Waals surface area (Å²) in [6.07, 6.45) is 0. The van der Waals surface area contributed by atoms with Gasteiger partial charge in [-0.15, -0.1) is 0 Å². The molecule has 0 aliphatic heterocycles. The summed E-state index contributed by atoms with van der Waals surface area (Å²) in [5.41, 5.74) is 4.51. The molecule has 0 spiro atoms. The van der Waals surface area contributed by atoms with Gasteiger partial charge in [-0.3, -0.25) is 15.4 Å². The molecule has 0 aliphatic rings. The number of hydrogen-bond donors (Lipinski definition) is 4. The van der Waals surface area contributed by atoms with Crippen LogP contribution >= 0.6 is 0 Å². The lowest BCUT2D eigenvalue weighted by molar-refractivity contribution is -0.122. The molecule has 0 radical (unpaired) electrons. The van der Waals surface area contributed by atoms with E-state index < -0.39 is 6.04 Å². The van der Waals surface area contributed by atoms with E-state index in [4.69, 9.17) is 10.6 Å². The normalized spacial score (nSPS) is 11.6. The number of anilines is 1. The van der Waals surface area contributed by atoms with Gasteiger partial charge in [0, 0.05) is 24.9 Å². The molecule has 1 rings (SSSR count). The van der Waals surface area contributed by atoms with Crippen molar-refractivity contribution in [1.82, 2.24) is 10.6 Å². The van der Waals surface area contributed by atoms with E-state index >= 15 is 0 Å². The fourth-order valence-corrected chi connectivity index (χ4v) is 1.78. The molecule has 0 bridgehead atoms. The highest BCUT2D eigenvalue weighted by molar-refractivity contribution is 5.98. The zero-order chi connectivity index (χ0) is 15.8. The van der Waals surface area contributed by atoms with E-state index in [-0.39, 0.29) is 11.8 Å². The minimum absolute atomic E-state index is 0.252. The SMILES string of the molecule is COCCNC(=O)C(C)NC(=O)c1ccc(NN)cc1C. The van der Waals surface area contributed by atoms with E-state index in [1.807, 2.05) is 0 Å². The van der Waals surface area contributed by atoms with Crippen molar-refractivity contribution < 1.29 is 14.3 Å². The number of nitrogens with two attached hydrogens (primary N) is 1. The molecule has 0 heterocycles. The number of hydrogen-bond acceptors (Lipinski definition) is 5. The van der Waals surface area contributed by atoms with Gasteiger partial charge in [0.05, 0.1) is 6.61 Å². The second-order valence-corrected chi connectivity index (χ2v) is 4.65. The maximum absolute atomic E-state index is 12.1. The lowest BCUT2D eigenvalue weighted by Gasteiger charge is -2.15. The highest BCUT2D eigenvalue weighted by Crippen LogP contribution is 2.14. The van der Waals surface area contributed by atoms with Gasteiger partial charge in [-0.25, -0.2) is 0 Å². The number of methoxy groups -OCH3 is 1. The summed E-state index contributed by atoms with van der Waals surface area (Å²) < 4.78 is 4.84. The summed E-state index contributed by atoms with van der Waals surface area (Å²) >= 11 is 0. The summed E-state index contributed by atoms with van der Waals surface area (Å²) in [4.78, 5) is 23.9. The van der Waals surface area contributed by atoms with Gasteiger partial charge >= 0.3 is 0 Å². The Morgan fingerprint density at radius 3 is 2.67 bits per heavy atom. The lowest BCUT2D eigenvalue weighted by atomic mass is 10.1. The molecule has 7 heteroatoms. The average Bonchev–Trinajstić information content (AvgIpc) is 2.46. The average molecular weight is 294 g/mol. The third-order valence-electron chi connectivity index (χ3n) is 2.98. The Labute approximate surface area is 124 Å². The van der Waals surface area contributed by atoms with E-state index in [9.17, 15) is 9.59 Å². The number of carbonyl (C=O) groups excluding carboxylic acids is 2. The number of rotatable bonds is 7. The number of benzene rings is 1. The van der Waals surface area contributed by atoms with Gasteiger partial charge < -0.3 is 20.8 Å². The first-order valence-corrected chi connectivity index (χ1v) is 6.64. The molecule has 5 N–H and O–H groups in total. The maximum atomic E-state index is 12.1. The van der Waals surface area contributed by atoms with Gasteiger partial charge in [0.1, 0.15) is 6.04 Å². The van der Waals surface area contributed by atoms with Crippen LogP contribution in [0.1, 0.15) is 22.8 Å². The first-order chi connectivity index (χ1) is 9.99. The number of nitrogens with one attached hydrogen (secondary N) is 3. The first kappa shape index (κ1) is 16.9. The smallest absolute Gasteiger partial charge is 0.252 e. The molecular formula is C14H22N4O3. The van der Waals surface area contributed by atoms with Crippen molar-refractivity contribution in [1.29, 1.82) is 0 Å².